The highest BCUT2D eigenvalue weighted by Crippen LogP contribution is 2.68. The van der Waals surface area contributed by atoms with Gasteiger partial charge in [0.05, 0.1) is 11.8 Å². The van der Waals surface area contributed by atoms with Crippen molar-refractivity contribution in [1.29, 1.82) is 0 Å². The molecule has 6 heteroatoms. The van der Waals surface area contributed by atoms with Crippen LogP contribution in [-0.4, -0.2) is 56.6 Å². The van der Waals surface area contributed by atoms with Crippen molar-refractivity contribution >= 4 is 5.91 Å². The molecule has 0 bridgehead atoms. The fourth-order valence-electron chi connectivity index (χ4n) is 4.84. The Kier molecular flexibility index (Phi) is 4.12. The lowest BCUT2D eigenvalue weighted by Gasteiger charge is -2.17. The number of carbonyl (C=O) groups is 1. The van der Waals surface area contributed by atoms with E-state index in [-0.39, 0.29) is 24.3 Å². The van der Waals surface area contributed by atoms with Crippen LogP contribution >= 0.6 is 0 Å². The van der Waals surface area contributed by atoms with E-state index in [0.717, 1.165) is 11.3 Å². The number of nitrogens with zero attached hydrogens (tertiary/aromatic N) is 3. The Morgan fingerprint density at radius 1 is 1.35 bits per heavy atom. The van der Waals surface area contributed by atoms with Crippen LogP contribution in [0.4, 0.5) is 0 Å². The zero-order valence-electron chi connectivity index (χ0n) is 15.2. The van der Waals surface area contributed by atoms with E-state index in [1.54, 1.807) is 15.6 Å². The van der Waals surface area contributed by atoms with Gasteiger partial charge in [0.25, 0.3) is 5.91 Å². The third-order valence-electron chi connectivity index (χ3n) is 6.10. The van der Waals surface area contributed by atoms with Crippen molar-refractivity contribution in [3.63, 3.8) is 0 Å². The molecule has 1 aromatic carbocycles. The van der Waals surface area contributed by atoms with Crippen molar-refractivity contribution in [3.8, 4) is 0 Å². The molecule has 1 amide bonds. The van der Waals surface area contributed by atoms with Crippen LogP contribution < -0.4 is 0 Å². The zero-order chi connectivity index (χ0) is 18.5. The van der Waals surface area contributed by atoms with Crippen LogP contribution in [0, 0.1) is 18.3 Å². The molecular formula is C20H25N3O3. The number of rotatable bonds is 4. The second-order valence-electron chi connectivity index (χ2n) is 7.48. The molecule has 138 valence electrons. The third-order valence-corrected chi connectivity index (χ3v) is 6.10. The molecule has 1 aliphatic carbocycles. The summed E-state index contributed by atoms with van der Waals surface area (Å²) in [6.07, 6.45) is -0.632. The number of carbonyl (C=O) groups excluding carboxylic acids is 1. The molecule has 4 atom stereocenters. The predicted octanol–water partition coefficient (Wildman–Crippen LogP) is 1.42. The second kappa shape index (κ2) is 6.21. The Morgan fingerprint density at radius 2 is 2.08 bits per heavy atom. The van der Waals surface area contributed by atoms with Gasteiger partial charge in [0.15, 0.2) is 0 Å². The number of aliphatic hydroxyl groups is 2. The number of likely N-dealkylation sites (tertiary alicyclic amines) is 1. The van der Waals surface area contributed by atoms with E-state index >= 15 is 0 Å². The largest absolute Gasteiger partial charge is 0.396 e. The van der Waals surface area contributed by atoms with Gasteiger partial charge in [-0.3, -0.25) is 9.48 Å². The molecule has 0 unspecified atom stereocenters. The molecule has 0 radical (unpaired) electrons. The van der Waals surface area contributed by atoms with E-state index < -0.39 is 11.5 Å². The number of β-amino-alcohol motifs (C(OH)–C–C–N with tert-alkyl or cyclic N) is 1. The highest BCUT2D eigenvalue weighted by Gasteiger charge is 2.71. The molecule has 2 aromatic rings. The molecule has 2 N–H and O–H groups in total. The van der Waals surface area contributed by atoms with Crippen molar-refractivity contribution in [3.05, 3.63) is 53.3 Å². The molecule has 1 aliphatic heterocycles. The minimum Gasteiger partial charge on any atom is -0.396 e. The minimum atomic E-state index is -0.632. The van der Waals surface area contributed by atoms with Gasteiger partial charge in [-0.2, -0.15) is 5.10 Å². The highest BCUT2D eigenvalue weighted by atomic mass is 16.3. The maximum absolute atomic E-state index is 13.0. The van der Waals surface area contributed by atoms with Gasteiger partial charge in [-0.1, -0.05) is 30.3 Å². The maximum atomic E-state index is 13.0. The molecule has 6 nitrogen and oxygen atoms in total. The van der Waals surface area contributed by atoms with Gasteiger partial charge in [0, 0.05) is 31.7 Å². The number of benzene rings is 1. The number of aliphatic hydroxyl groups excluding tert-OH is 2. The SMILES string of the molecule is CCn1nc(C)cc1C(=O)N1C[C@@H](O)[C@@]2(C1)[C@H](CO)[C@H]2c1ccccc1. The summed E-state index contributed by atoms with van der Waals surface area (Å²) in [5, 5.41) is 25.1. The van der Waals surface area contributed by atoms with E-state index in [9.17, 15) is 15.0 Å². The van der Waals surface area contributed by atoms with Gasteiger partial charge < -0.3 is 15.1 Å². The van der Waals surface area contributed by atoms with Crippen LogP contribution in [0.5, 0.6) is 0 Å². The summed E-state index contributed by atoms with van der Waals surface area (Å²) in [4.78, 5) is 14.8. The summed E-state index contributed by atoms with van der Waals surface area (Å²) in [7, 11) is 0. The monoisotopic (exact) mass is 355 g/mol. The molecule has 4 rings (SSSR count). The number of aryl methyl sites for hydroxylation is 2. The number of amides is 1. The summed E-state index contributed by atoms with van der Waals surface area (Å²) >= 11 is 0. The molecule has 1 aromatic heterocycles. The summed E-state index contributed by atoms with van der Waals surface area (Å²) in [6, 6.07) is 11.8. The number of hydrogen-bond donors (Lipinski definition) is 2. The van der Waals surface area contributed by atoms with Crippen molar-refractivity contribution < 1.29 is 15.0 Å². The Balaban J connectivity index is 1.61. The van der Waals surface area contributed by atoms with Crippen LogP contribution in [0.15, 0.2) is 36.4 Å². The van der Waals surface area contributed by atoms with E-state index in [1.807, 2.05) is 44.2 Å². The van der Waals surface area contributed by atoms with Crippen molar-refractivity contribution in [1.82, 2.24) is 14.7 Å². The molecule has 2 heterocycles. The van der Waals surface area contributed by atoms with Crippen LogP contribution in [0.3, 0.4) is 0 Å². The van der Waals surface area contributed by atoms with Crippen LogP contribution in [-0.2, 0) is 6.54 Å². The second-order valence-corrected chi connectivity index (χ2v) is 7.48. The first-order valence-corrected chi connectivity index (χ1v) is 9.20. The molecule has 1 saturated heterocycles. The molecular weight excluding hydrogens is 330 g/mol. The van der Waals surface area contributed by atoms with Gasteiger partial charge in [-0.05, 0) is 37.3 Å². The van der Waals surface area contributed by atoms with Crippen LogP contribution in [0.2, 0.25) is 0 Å². The molecule has 2 fully saturated rings. The Hall–Kier alpha value is -2.18. The van der Waals surface area contributed by atoms with Crippen molar-refractivity contribution in [2.24, 2.45) is 11.3 Å². The van der Waals surface area contributed by atoms with E-state index in [1.165, 1.54) is 0 Å². The number of hydrogen-bond acceptors (Lipinski definition) is 4. The smallest absolute Gasteiger partial charge is 0.272 e. The lowest BCUT2D eigenvalue weighted by molar-refractivity contribution is 0.0752. The fourth-order valence-corrected chi connectivity index (χ4v) is 4.84. The lowest BCUT2D eigenvalue weighted by atomic mass is 9.95. The van der Waals surface area contributed by atoms with Crippen molar-refractivity contribution in [2.75, 3.05) is 19.7 Å². The standard InChI is InChI=1S/C20H25N3O3/c1-3-23-16(9-13(2)21-23)19(26)22-10-17(25)20(12-22)15(11-24)18(20)14-7-5-4-6-8-14/h4-9,15,17-18,24-25H,3,10-12H2,1-2H3/t15-,17-,18-,20-/m1/s1. The molecule has 1 spiro atoms. The van der Waals surface area contributed by atoms with Gasteiger partial charge >= 0.3 is 0 Å². The number of aromatic nitrogens is 2. The summed E-state index contributed by atoms with van der Waals surface area (Å²) < 4.78 is 1.71. The fraction of sp³-hybridized carbons (Fsp3) is 0.500. The Bertz CT molecular complexity index is 819. The normalized spacial score (nSPS) is 30.2. The summed E-state index contributed by atoms with van der Waals surface area (Å²) in [6.45, 7) is 5.24. The topological polar surface area (TPSA) is 78.6 Å². The first-order valence-electron chi connectivity index (χ1n) is 9.20. The maximum Gasteiger partial charge on any atom is 0.272 e. The van der Waals surface area contributed by atoms with Crippen LogP contribution in [0.25, 0.3) is 0 Å². The molecule has 26 heavy (non-hydrogen) atoms. The van der Waals surface area contributed by atoms with Gasteiger partial charge in [-0.25, -0.2) is 0 Å². The van der Waals surface area contributed by atoms with E-state index in [2.05, 4.69) is 5.10 Å². The quantitative estimate of drug-likeness (QED) is 0.869. The average Bonchev–Trinajstić information content (AvgIpc) is 2.94. The van der Waals surface area contributed by atoms with Gasteiger partial charge in [0.1, 0.15) is 5.69 Å². The zero-order valence-corrected chi connectivity index (χ0v) is 15.2. The summed E-state index contributed by atoms with van der Waals surface area (Å²) in [5.74, 6) is -0.0337. The highest BCUT2D eigenvalue weighted by molar-refractivity contribution is 5.93. The average molecular weight is 355 g/mol. The van der Waals surface area contributed by atoms with Crippen molar-refractivity contribution in [2.45, 2.75) is 32.4 Å². The van der Waals surface area contributed by atoms with E-state index in [0.29, 0.717) is 25.3 Å². The first-order chi connectivity index (χ1) is 12.5. The first kappa shape index (κ1) is 17.2. The van der Waals surface area contributed by atoms with Gasteiger partial charge in [-0.15, -0.1) is 0 Å². The molecule has 1 saturated carbocycles. The van der Waals surface area contributed by atoms with Crippen LogP contribution in [0.1, 0.15) is 34.6 Å². The lowest BCUT2D eigenvalue weighted by Crippen LogP contribution is -2.31. The molecule has 2 aliphatic rings. The minimum absolute atomic E-state index is 0.0180. The Labute approximate surface area is 153 Å². The predicted molar refractivity (Wildman–Crippen MR) is 96.7 cm³/mol. The van der Waals surface area contributed by atoms with E-state index in [4.69, 9.17) is 0 Å². The Morgan fingerprint density at radius 3 is 2.73 bits per heavy atom. The third kappa shape index (κ3) is 2.40. The van der Waals surface area contributed by atoms with Gasteiger partial charge in [0.2, 0.25) is 0 Å². The summed E-state index contributed by atoms with van der Waals surface area (Å²) in [5.41, 5.74) is 2.05.